The SMILES string of the molecule is COCCCC(C)[C@H]1CC[C@H]2[C@@H]3[C@H](OC(=O)c4ccccc4)C[C@@H]4CC(=O)CC[C@]4(C)[C@H]3C[C@H](O[C@H]3CCCCO3)[C@]12C. The summed E-state index contributed by atoms with van der Waals surface area (Å²) in [6, 6.07) is 9.43. The van der Waals surface area contributed by atoms with Gasteiger partial charge in [-0.1, -0.05) is 39.0 Å². The molecule has 238 valence electrons. The van der Waals surface area contributed by atoms with Crippen molar-refractivity contribution in [1.29, 1.82) is 0 Å². The zero-order valence-corrected chi connectivity index (χ0v) is 26.9. The number of Topliss-reactive ketones (excluding diaryl/α,β-unsaturated/α-hetero) is 1. The molecule has 0 N–H and O–H groups in total. The Morgan fingerprint density at radius 3 is 2.63 bits per heavy atom. The molecule has 43 heavy (non-hydrogen) atoms. The Bertz CT molecular complexity index is 1120. The molecule has 0 bridgehead atoms. The molecule has 6 heteroatoms. The zero-order chi connectivity index (χ0) is 30.2. The van der Waals surface area contributed by atoms with Gasteiger partial charge in [0.15, 0.2) is 6.29 Å². The Morgan fingerprint density at radius 2 is 1.88 bits per heavy atom. The maximum absolute atomic E-state index is 13.6. The fraction of sp³-hybridized carbons (Fsp3) is 0.784. The number of ketones is 1. The van der Waals surface area contributed by atoms with Crippen LogP contribution in [0.15, 0.2) is 30.3 Å². The second-order valence-corrected chi connectivity index (χ2v) is 15.1. The standard InChI is InChI=1S/C37H54O6/c1-24(11-10-19-40-4)28-15-16-29-34-30(23-32(37(28,29)3)43-33-14-8-9-20-41-33)36(2)18-17-27(38)21-26(36)22-31(34)42-35(39)25-12-6-5-7-13-25/h5-7,12-13,24,26,28-34H,8-11,14-23H2,1-4H3/t24?,26-,28+,29-,30-,31+,32-,33-,34-,36-,37+/m0/s1. The summed E-state index contributed by atoms with van der Waals surface area (Å²) in [5.41, 5.74) is 0.629. The summed E-state index contributed by atoms with van der Waals surface area (Å²) in [6.07, 6.45) is 11.5. The first-order valence-electron chi connectivity index (χ1n) is 17.3. The highest BCUT2D eigenvalue weighted by Gasteiger charge is 2.67. The number of benzene rings is 1. The quantitative estimate of drug-likeness (QED) is 0.166. The van der Waals surface area contributed by atoms with E-state index in [1.54, 1.807) is 7.11 Å². The Balaban J connectivity index is 1.36. The average Bonchev–Trinajstić information content (AvgIpc) is 3.37. The first-order chi connectivity index (χ1) is 20.8. The number of carbonyl (C=O) groups excluding carboxylic acids is 2. The van der Waals surface area contributed by atoms with Gasteiger partial charge in [0.25, 0.3) is 0 Å². The van der Waals surface area contributed by atoms with E-state index < -0.39 is 0 Å². The van der Waals surface area contributed by atoms with Crippen molar-refractivity contribution in [3.63, 3.8) is 0 Å². The molecule has 1 saturated heterocycles. The Kier molecular flexibility index (Phi) is 9.39. The highest BCUT2D eigenvalue weighted by atomic mass is 16.7. The van der Waals surface area contributed by atoms with E-state index in [1.165, 1.54) is 6.42 Å². The van der Waals surface area contributed by atoms with Crippen LogP contribution < -0.4 is 0 Å². The third kappa shape index (κ3) is 5.86. The fourth-order valence-corrected chi connectivity index (χ4v) is 10.7. The molecule has 6 rings (SSSR count). The minimum absolute atomic E-state index is 0.0282. The smallest absolute Gasteiger partial charge is 0.338 e. The molecular weight excluding hydrogens is 540 g/mol. The van der Waals surface area contributed by atoms with E-state index >= 15 is 0 Å². The van der Waals surface area contributed by atoms with Gasteiger partial charge in [-0.2, -0.15) is 0 Å². The number of rotatable bonds is 9. The van der Waals surface area contributed by atoms with E-state index in [-0.39, 0.29) is 47.1 Å². The predicted octanol–water partition coefficient (Wildman–Crippen LogP) is 7.63. The molecule has 1 aromatic carbocycles. The van der Waals surface area contributed by atoms with Crippen LogP contribution in [-0.2, 0) is 23.7 Å². The lowest BCUT2D eigenvalue weighted by atomic mass is 9.43. The molecule has 4 saturated carbocycles. The highest BCUT2D eigenvalue weighted by Crippen LogP contribution is 2.69. The second kappa shape index (κ2) is 12.9. The van der Waals surface area contributed by atoms with Crippen LogP contribution >= 0.6 is 0 Å². The summed E-state index contributed by atoms with van der Waals surface area (Å²) in [5.74, 6) is 2.50. The molecule has 11 atom stereocenters. The van der Waals surface area contributed by atoms with Crippen LogP contribution in [0, 0.1) is 46.3 Å². The van der Waals surface area contributed by atoms with Crippen LogP contribution in [0.1, 0.15) is 108 Å². The van der Waals surface area contributed by atoms with E-state index in [1.807, 2.05) is 30.3 Å². The molecule has 4 aliphatic carbocycles. The van der Waals surface area contributed by atoms with Crippen LogP contribution in [-0.4, -0.2) is 50.6 Å². The van der Waals surface area contributed by atoms with Gasteiger partial charge in [0, 0.05) is 44.5 Å². The van der Waals surface area contributed by atoms with Gasteiger partial charge in [-0.3, -0.25) is 4.79 Å². The highest BCUT2D eigenvalue weighted by molar-refractivity contribution is 5.89. The molecule has 1 aliphatic heterocycles. The van der Waals surface area contributed by atoms with Crippen LogP contribution in [0.5, 0.6) is 0 Å². The van der Waals surface area contributed by atoms with Crippen molar-refractivity contribution in [2.45, 2.75) is 116 Å². The summed E-state index contributed by atoms with van der Waals surface area (Å²) in [6.45, 7) is 8.98. The summed E-state index contributed by atoms with van der Waals surface area (Å²) in [4.78, 5) is 26.4. The van der Waals surface area contributed by atoms with Crippen molar-refractivity contribution >= 4 is 11.8 Å². The molecule has 1 unspecified atom stereocenters. The van der Waals surface area contributed by atoms with E-state index in [4.69, 9.17) is 18.9 Å². The summed E-state index contributed by atoms with van der Waals surface area (Å²) in [5, 5.41) is 0. The Hall–Kier alpha value is -1.76. The van der Waals surface area contributed by atoms with E-state index in [9.17, 15) is 9.59 Å². The number of hydrogen-bond acceptors (Lipinski definition) is 6. The first-order valence-corrected chi connectivity index (χ1v) is 17.3. The third-order valence-electron chi connectivity index (χ3n) is 13.0. The molecule has 6 nitrogen and oxygen atoms in total. The number of ether oxygens (including phenoxy) is 4. The van der Waals surface area contributed by atoms with Crippen LogP contribution in [0.4, 0.5) is 0 Å². The van der Waals surface area contributed by atoms with Gasteiger partial charge in [-0.05, 0) is 111 Å². The molecule has 0 spiro atoms. The number of hydrogen-bond donors (Lipinski definition) is 0. The predicted molar refractivity (Wildman–Crippen MR) is 165 cm³/mol. The lowest BCUT2D eigenvalue weighted by Crippen LogP contribution is -2.63. The molecule has 5 aliphatic rings. The largest absolute Gasteiger partial charge is 0.458 e. The van der Waals surface area contributed by atoms with Gasteiger partial charge in [0.1, 0.15) is 11.9 Å². The van der Waals surface area contributed by atoms with Crippen molar-refractivity contribution < 1.29 is 28.5 Å². The Morgan fingerprint density at radius 1 is 1.07 bits per heavy atom. The zero-order valence-electron chi connectivity index (χ0n) is 26.9. The molecule has 0 amide bonds. The van der Waals surface area contributed by atoms with E-state index in [2.05, 4.69) is 20.8 Å². The normalized spacial score (nSPS) is 41.5. The minimum Gasteiger partial charge on any atom is -0.458 e. The summed E-state index contributed by atoms with van der Waals surface area (Å²) in [7, 11) is 1.79. The van der Waals surface area contributed by atoms with Crippen molar-refractivity contribution in [2.75, 3.05) is 20.3 Å². The lowest BCUT2D eigenvalue weighted by Gasteiger charge is -2.64. The molecule has 0 aromatic heterocycles. The lowest BCUT2D eigenvalue weighted by molar-refractivity contribution is -0.264. The first kappa shape index (κ1) is 31.2. The van der Waals surface area contributed by atoms with Gasteiger partial charge in [0.05, 0.1) is 11.7 Å². The van der Waals surface area contributed by atoms with Crippen molar-refractivity contribution in [1.82, 2.24) is 0 Å². The minimum atomic E-state index is -0.228. The molecule has 5 fully saturated rings. The molecule has 1 heterocycles. The van der Waals surface area contributed by atoms with Gasteiger partial charge >= 0.3 is 5.97 Å². The average molecular weight is 595 g/mol. The fourth-order valence-electron chi connectivity index (χ4n) is 10.7. The topological polar surface area (TPSA) is 71.1 Å². The maximum Gasteiger partial charge on any atom is 0.338 e. The summed E-state index contributed by atoms with van der Waals surface area (Å²) < 4.78 is 25.3. The van der Waals surface area contributed by atoms with E-state index in [0.717, 1.165) is 71.0 Å². The van der Waals surface area contributed by atoms with Gasteiger partial charge in [-0.15, -0.1) is 0 Å². The van der Waals surface area contributed by atoms with Gasteiger partial charge in [0.2, 0.25) is 0 Å². The molecule has 1 aromatic rings. The van der Waals surface area contributed by atoms with Crippen LogP contribution in [0.2, 0.25) is 0 Å². The van der Waals surface area contributed by atoms with Crippen molar-refractivity contribution in [3.8, 4) is 0 Å². The molecular formula is C37H54O6. The molecule has 0 radical (unpaired) electrons. The number of carbonyl (C=O) groups is 2. The summed E-state index contributed by atoms with van der Waals surface area (Å²) >= 11 is 0. The van der Waals surface area contributed by atoms with Crippen molar-refractivity contribution in [2.24, 2.45) is 46.3 Å². The second-order valence-electron chi connectivity index (χ2n) is 15.1. The number of fused-ring (bicyclic) bond motifs is 5. The monoisotopic (exact) mass is 594 g/mol. The Labute approximate surface area is 258 Å². The number of methoxy groups -OCH3 is 1. The maximum atomic E-state index is 13.6. The van der Waals surface area contributed by atoms with Crippen LogP contribution in [0.25, 0.3) is 0 Å². The number of esters is 1. The van der Waals surface area contributed by atoms with Gasteiger partial charge in [-0.25, -0.2) is 4.79 Å². The van der Waals surface area contributed by atoms with Gasteiger partial charge < -0.3 is 18.9 Å². The van der Waals surface area contributed by atoms with Crippen molar-refractivity contribution in [3.05, 3.63) is 35.9 Å². The van der Waals surface area contributed by atoms with E-state index in [0.29, 0.717) is 47.9 Å². The van der Waals surface area contributed by atoms with Crippen LogP contribution in [0.3, 0.4) is 0 Å². The third-order valence-corrected chi connectivity index (χ3v) is 13.0.